The third kappa shape index (κ3) is 7.46. The third-order valence-electron chi connectivity index (χ3n) is 14.4. The Morgan fingerprint density at radius 3 is 1.19 bits per heavy atom. The van der Waals surface area contributed by atoms with E-state index in [2.05, 4.69) is 270 Å². The minimum atomic E-state index is 0.537. The molecule has 0 amide bonds. The van der Waals surface area contributed by atoms with Crippen LogP contribution >= 0.6 is 0 Å². The first kappa shape index (κ1) is 42.9. The summed E-state index contributed by atoms with van der Waals surface area (Å²) in [5, 5.41) is 4.51. The maximum atomic E-state index is 5.51. The fraction of sp³-hybridized carbons (Fsp3) is 0. The molecule has 0 aliphatic carbocycles. The molecule has 74 heavy (non-hydrogen) atoms. The predicted molar refractivity (Wildman–Crippen MR) is 307 cm³/mol. The van der Waals surface area contributed by atoms with Crippen LogP contribution in [0, 0.1) is 0 Å². The molecule has 0 radical (unpaired) electrons. The van der Waals surface area contributed by atoms with Crippen molar-refractivity contribution in [2.45, 2.75) is 0 Å². The smallest absolute Gasteiger partial charge is 0.238 e. The van der Waals surface area contributed by atoms with Gasteiger partial charge in [-0.05, 0) is 86.5 Å². The van der Waals surface area contributed by atoms with E-state index in [4.69, 9.17) is 15.0 Å². The molecule has 14 aromatic rings. The highest BCUT2D eigenvalue weighted by Crippen LogP contribution is 2.44. The molecule has 0 atom stereocenters. The number of hydrogen-bond donors (Lipinski definition) is 0. The van der Waals surface area contributed by atoms with E-state index >= 15 is 0 Å². The summed E-state index contributed by atoms with van der Waals surface area (Å²) in [7, 11) is 0. The molecule has 5 nitrogen and oxygen atoms in total. The fourth-order valence-electron chi connectivity index (χ4n) is 10.9. The van der Waals surface area contributed by atoms with E-state index in [0.29, 0.717) is 17.6 Å². The fourth-order valence-corrected chi connectivity index (χ4v) is 10.9. The second kappa shape index (κ2) is 18.0. The van der Waals surface area contributed by atoms with Gasteiger partial charge in [0.05, 0.1) is 27.8 Å². The van der Waals surface area contributed by atoms with Crippen LogP contribution in [0.15, 0.2) is 273 Å². The van der Waals surface area contributed by atoms with Gasteiger partial charge >= 0.3 is 0 Å². The van der Waals surface area contributed by atoms with Crippen LogP contribution in [0.2, 0.25) is 0 Å². The minimum absolute atomic E-state index is 0.537. The minimum Gasteiger partial charge on any atom is -0.307 e. The van der Waals surface area contributed by atoms with Crippen LogP contribution in [0.25, 0.3) is 134 Å². The normalized spacial score (nSPS) is 11.5. The quantitative estimate of drug-likeness (QED) is 0.145. The zero-order chi connectivity index (χ0) is 49.0. The van der Waals surface area contributed by atoms with E-state index in [0.717, 1.165) is 105 Å². The van der Waals surface area contributed by atoms with Gasteiger partial charge in [-0.2, -0.15) is 9.97 Å². The lowest BCUT2D eigenvalue weighted by molar-refractivity contribution is 0.953. The molecule has 5 heteroatoms. The molecule has 0 spiro atoms. The summed E-state index contributed by atoms with van der Waals surface area (Å²) < 4.78 is 4.76. The largest absolute Gasteiger partial charge is 0.307 e. The van der Waals surface area contributed by atoms with Crippen LogP contribution in [-0.4, -0.2) is 24.1 Å². The van der Waals surface area contributed by atoms with Crippen molar-refractivity contribution in [1.82, 2.24) is 24.1 Å². The molecule has 3 heterocycles. The first-order chi connectivity index (χ1) is 36.7. The van der Waals surface area contributed by atoms with Gasteiger partial charge in [0.1, 0.15) is 0 Å². The van der Waals surface area contributed by atoms with Crippen molar-refractivity contribution in [3.05, 3.63) is 273 Å². The Hall–Kier alpha value is -9.97. The second-order valence-electron chi connectivity index (χ2n) is 18.8. The van der Waals surface area contributed by atoms with E-state index < -0.39 is 0 Å². The van der Waals surface area contributed by atoms with E-state index in [1.54, 1.807) is 0 Å². The van der Waals surface area contributed by atoms with Crippen molar-refractivity contribution in [2.24, 2.45) is 0 Å². The molecule has 0 saturated carbocycles. The lowest BCUT2D eigenvalue weighted by Crippen LogP contribution is -2.07. The topological polar surface area (TPSA) is 48.5 Å². The Balaban J connectivity index is 1.04. The molecule has 14 rings (SSSR count). The van der Waals surface area contributed by atoms with Gasteiger partial charge in [0.2, 0.25) is 5.95 Å². The zero-order valence-electron chi connectivity index (χ0n) is 40.2. The molecular weight excluding hydrogens is 899 g/mol. The van der Waals surface area contributed by atoms with Gasteiger partial charge in [-0.25, -0.2) is 4.98 Å². The highest BCUT2D eigenvalue weighted by molar-refractivity contribution is 6.24. The summed E-state index contributed by atoms with van der Waals surface area (Å²) in [6, 6.07) is 97.2. The average molecular weight is 944 g/mol. The molecule has 3 aromatic heterocycles. The number of benzene rings is 11. The number of para-hydroxylation sites is 2. The Morgan fingerprint density at radius 2 is 0.608 bits per heavy atom. The second-order valence-corrected chi connectivity index (χ2v) is 18.8. The summed E-state index contributed by atoms with van der Waals surface area (Å²) in [6.07, 6.45) is 0. The Morgan fingerprint density at radius 1 is 0.230 bits per heavy atom. The summed E-state index contributed by atoms with van der Waals surface area (Å²) in [5.41, 5.74) is 18.5. The van der Waals surface area contributed by atoms with Crippen LogP contribution in [0.4, 0.5) is 0 Å². The SMILES string of the molecule is c1ccc(-c2ccc(-c3nc(-c4cccc(-c5ccccc5)c4)nc(-n4c5ccccc5c5ccc6c7ccccc7n(-c7ccc(-c8cccc(-c9ccccc9)c8)cc7-c7ccccc7)c6c54)n3)cc2)cc1. The molecule has 11 aromatic carbocycles. The maximum Gasteiger partial charge on any atom is 0.238 e. The van der Waals surface area contributed by atoms with E-state index in [1.165, 1.54) is 11.1 Å². The molecule has 0 bridgehead atoms. The van der Waals surface area contributed by atoms with Crippen molar-refractivity contribution in [1.29, 1.82) is 0 Å². The Kier molecular flexibility index (Phi) is 10.4. The van der Waals surface area contributed by atoms with Crippen LogP contribution in [-0.2, 0) is 0 Å². The van der Waals surface area contributed by atoms with Crippen molar-refractivity contribution >= 4 is 43.6 Å². The van der Waals surface area contributed by atoms with E-state index in [9.17, 15) is 0 Å². The summed E-state index contributed by atoms with van der Waals surface area (Å²) in [4.78, 5) is 16.3. The van der Waals surface area contributed by atoms with Crippen LogP contribution in [0.5, 0.6) is 0 Å². The molecule has 0 aliphatic rings. The van der Waals surface area contributed by atoms with Crippen LogP contribution in [0.3, 0.4) is 0 Å². The van der Waals surface area contributed by atoms with Gasteiger partial charge in [-0.3, -0.25) is 4.57 Å². The molecular formula is C69H45N5. The molecule has 0 N–H and O–H groups in total. The third-order valence-corrected chi connectivity index (χ3v) is 14.4. The number of hydrogen-bond acceptors (Lipinski definition) is 3. The van der Waals surface area contributed by atoms with Gasteiger partial charge in [-0.1, -0.05) is 237 Å². The molecule has 0 saturated heterocycles. The van der Waals surface area contributed by atoms with Gasteiger partial charge in [0, 0.05) is 38.2 Å². The first-order valence-electron chi connectivity index (χ1n) is 25.1. The Labute approximate surface area is 428 Å². The average Bonchev–Trinajstić information content (AvgIpc) is 4.01. The van der Waals surface area contributed by atoms with Crippen molar-refractivity contribution < 1.29 is 0 Å². The van der Waals surface area contributed by atoms with Gasteiger partial charge < -0.3 is 4.57 Å². The number of fused-ring (bicyclic) bond motifs is 7. The van der Waals surface area contributed by atoms with Crippen molar-refractivity contribution in [2.75, 3.05) is 0 Å². The highest BCUT2D eigenvalue weighted by atomic mass is 15.2. The lowest BCUT2D eigenvalue weighted by atomic mass is 9.95. The monoisotopic (exact) mass is 943 g/mol. The molecule has 346 valence electrons. The first-order valence-corrected chi connectivity index (χ1v) is 25.1. The van der Waals surface area contributed by atoms with E-state index in [1.807, 2.05) is 12.1 Å². The highest BCUT2D eigenvalue weighted by Gasteiger charge is 2.25. The molecule has 0 unspecified atom stereocenters. The molecule has 0 fully saturated rings. The van der Waals surface area contributed by atoms with Gasteiger partial charge in [-0.15, -0.1) is 0 Å². The molecule has 0 aliphatic heterocycles. The van der Waals surface area contributed by atoms with Crippen LogP contribution < -0.4 is 0 Å². The standard InChI is InChI=1S/C69H45N5/c1-5-19-46(20-6-1)49-35-37-51(38-36-49)67-70-68(56-30-18-28-53(44-56)48-23-9-3-10-24-48)72-69(71-67)74-63-34-16-14-32-58(63)60-41-40-59-57-31-13-15-33-62(57)73(65(59)66(60)74)64-42-39-55(45-61(64)50-25-11-4-12-26-50)54-29-17-27-52(43-54)47-21-7-2-8-22-47/h1-45H. The van der Waals surface area contributed by atoms with Gasteiger partial charge in [0.15, 0.2) is 11.6 Å². The number of nitrogens with zero attached hydrogens (tertiary/aromatic N) is 5. The van der Waals surface area contributed by atoms with E-state index in [-0.39, 0.29) is 0 Å². The summed E-state index contributed by atoms with van der Waals surface area (Å²) >= 11 is 0. The van der Waals surface area contributed by atoms with Crippen LogP contribution in [0.1, 0.15) is 0 Å². The number of rotatable bonds is 9. The lowest BCUT2D eigenvalue weighted by Gasteiger charge is -2.17. The summed E-state index contributed by atoms with van der Waals surface area (Å²) in [6.45, 7) is 0. The maximum absolute atomic E-state index is 5.51. The van der Waals surface area contributed by atoms with Crippen molar-refractivity contribution in [3.8, 4) is 90.0 Å². The zero-order valence-corrected chi connectivity index (χ0v) is 40.2. The number of aromatic nitrogens is 5. The summed E-state index contributed by atoms with van der Waals surface area (Å²) in [5.74, 6) is 1.72. The van der Waals surface area contributed by atoms with Gasteiger partial charge in [0.25, 0.3) is 0 Å². The van der Waals surface area contributed by atoms with Crippen molar-refractivity contribution in [3.63, 3.8) is 0 Å². The predicted octanol–water partition coefficient (Wildman–Crippen LogP) is 17.7. The Bertz CT molecular complexity index is 4390.